The second kappa shape index (κ2) is 12.5. The van der Waals surface area contributed by atoms with Gasteiger partial charge < -0.3 is 9.32 Å². The molecule has 10 aromatic rings. The van der Waals surface area contributed by atoms with Crippen LogP contribution in [0.3, 0.4) is 0 Å². The minimum absolute atomic E-state index is 0.0798. The molecule has 0 aliphatic carbocycles. The highest BCUT2D eigenvalue weighted by Crippen LogP contribution is 2.46. The van der Waals surface area contributed by atoms with Gasteiger partial charge in [0.2, 0.25) is 0 Å². The average Bonchev–Trinajstić information content (AvgIpc) is 3.69. The lowest BCUT2D eigenvalue weighted by Gasteiger charge is -2.28. The quantitative estimate of drug-likeness (QED) is 0.175. The van der Waals surface area contributed by atoms with Gasteiger partial charge in [0.1, 0.15) is 11.2 Å². The van der Waals surface area contributed by atoms with Gasteiger partial charge in [0.05, 0.1) is 18.0 Å². The molecule has 0 spiro atoms. The molecule has 0 amide bonds. The molecule has 0 atom stereocenters. The smallest absolute Gasteiger partial charge is 0.143 e. The van der Waals surface area contributed by atoms with Gasteiger partial charge in [-0.25, -0.2) is 0 Å². The highest BCUT2D eigenvalue weighted by atomic mass is 16.3. The van der Waals surface area contributed by atoms with Crippen LogP contribution in [0, 0.1) is 0 Å². The molecule has 1 heterocycles. The molecule has 0 fully saturated rings. The van der Waals surface area contributed by atoms with Crippen molar-refractivity contribution >= 4 is 60.5 Å². The minimum Gasteiger partial charge on any atom is -0.455 e. The molecule has 10 rings (SSSR count). The zero-order valence-electron chi connectivity index (χ0n) is 36.7. The summed E-state index contributed by atoms with van der Waals surface area (Å²) in [5.74, 6) is 0. The van der Waals surface area contributed by atoms with E-state index in [0.29, 0.717) is 17.0 Å². The molecule has 0 aliphatic heterocycles. The molecule has 244 valence electrons. The van der Waals surface area contributed by atoms with Crippen LogP contribution < -0.4 is 4.90 Å². The number of para-hydroxylation sites is 1. The predicted molar refractivity (Wildman–Crippen MR) is 220 cm³/mol. The van der Waals surface area contributed by atoms with Crippen molar-refractivity contribution in [2.24, 2.45) is 0 Å². The summed E-state index contributed by atoms with van der Waals surface area (Å²) >= 11 is 0. The lowest BCUT2D eigenvalue weighted by Crippen LogP contribution is -2.11. The van der Waals surface area contributed by atoms with Crippen LogP contribution in [-0.2, 0) is 0 Å². The zero-order chi connectivity index (χ0) is 42.3. The van der Waals surface area contributed by atoms with Crippen molar-refractivity contribution in [1.82, 2.24) is 0 Å². The molecule has 0 radical (unpaired) electrons. The van der Waals surface area contributed by atoms with Gasteiger partial charge in [-0.2, -0.15) is 0 Å². The molecule has 0 saturated carbocycles. The fourth-order valence-corrected chi connectivity index (χ4v) is 7.27. The molecule has 0 saturated heterocycles. The number of hydrogen-bond acceptors (Lipinski definition) is 2. The minimum atomic E-state index is -0.633. The molecular formula is C50H33NO. The Morgan fingerprint density at radius 1 is 0.423 bits per heavy atom. The number of benzene rings is 9. The Morgan fingerprint density at radius 3 is 1.94 bits per heavy atom. The Morgan fingerprint density at radius 2 is 1.08 bits per heavy atom. The molecule has 2 nitrogen and oxygen atoms in total. The maximum Gasteiger partial charge on any atom is 0.143 e. The molecule has 2 heteroatoms. The van der Waals surface area contributed by atoms with Gasteiger partial charge in [-0.1, -0.05) is 158 Å². The van der Waals surface area contributed by atoms with Crippen molar-refractivity contribution in [1.29, 1.82) is 0 Å². The number of hydrogen-bond donors (Lipinski definition) is 0. The van der Waals surface area contributed by atoms with Crippen molar-refractivity contribution in [2.45, 2.75) is 0 Å². The first-order valence-electron chi connectivity index (χ1n) is 21.5. The van der Waals surface area contributed by atoms with E-state index in [0.717, 1.165) is 60.2 Å². The molecule has 0 unspecified atom stereocenters. The first-order chi connectivity index (χ1) is 29.5. The summed E-state index contributed by atoms with van der Waals surface area (Å²) in [6.07, 6.45) is 0. The zero-order valence-corrected chi connectivity index (χ0v) is 27.7. The SMILES string of the molecule is [2H]c1c([2H])c([2H])c(-c2c([2H])c([2H])c(N(c3cccc(-c4cccc5ccccc45)c3)c3ccccc3-c3cccc4oc5c6ccccc6ccc5c34)c([2H])c2[2H])c([2H])c1[2H]. The molecule has 0 bridgehead atoms. The Balaban J connectivity index is 1.27. The molecule has 0 N–H and O–H groups in total. The van der Waals surface area contributed by atoms with Gasteiger partial charge in [-0.3, -0.25) is 0 Å². The number of fused-ring (bicyclic) bond motifs is 6. The van der Waals surface area contributed by atoms with E-state index in [-0.39, 0.29) is 11.3 Å². The van der Waals surface area contributed by atoms with Crippen molar-refractivity contribution in [3.63, 3.8) is 0 Å². The monoisotopic (exact) mass is 672 g/mol. The molecule has 0 aliphatic rings. The number of furan rings is 1. The summed E-state index contributed by atoms with van der Waals surface area (Å²) in [5, 5.41) is 5.90. The van der Waals surface area contributed by atoms with Crippen LogP contribution in [-0.4, -0.2) is 0 Å². The van der Waals surface area contributed by atoms with E-state index in [1.807, 2.05) is 115 Å². The van der Waals surface area contributed by atoms with Gasteiger partial charge in [0.25, 0.3) is 0 Å². The van der Waals surface area contributed by atoms with Gasteiger partial charge in [0.15, 0.2) is 0 Å². The van der Waals surface area contributed by atoms with E-state index >= 15 is 0 Å². The second-order valence-electron chi connectivity index (χ2n) is 12.6. The third-order valence-electron chi connectivity index (χ3n) is 9.61. The summed E-state index contributed by atoms with van der Waals surface area (Å²) < 4.78 is 86.7. The lowest BCUT2D eigenvalue weighted by atomic mass is 9.95. The van der Waals surface area contributed by atoms with Gasteiger partial charge in [0, 0.05) is 33.1 Å². The number of anilines is 3. The average molecular weight is 673 g/mol. The first-order valence-corrected chi connectivity index (χ1v) is 17.0. The van der Waals surface area contributed by atoms with Crippen LogP contribution in [0.5, 0.6) is 0 Å². The largest absolute Gasteiger partial charge is 0.455 e. The summed E-state index contributed by atoms with van der Waals surface area (Å²) in [4.78, 5) is 1.73. The topological polar surface area (TPSA) is 16.4 Å². The first kappa shape index (κ1) is 22.0. The van der Waals surface area contributed by atoms with E-state index in [1.54, 1.807) is 4.90 Å². The third kappa shape index (κ3) is 5.04. The van der Waals surface area contributed by atoms with E-state index < -0.39 is 59.9 Å². The van der Waals surface area contributed by atoms with E-state index in [9.17, 15) is 5.48 Å². The van der Waals surface area contributed by atoms with Gasteiger partial charge in [-0.05, 0) is 86.4 Å². The Kier molecular flexibility index (Phi) is 5.28. The van der Waals surface area contributed by atoms with Crippen molar-refractivity contribution < 1.29 is 16.8 Å². The summed E-state index contributed by atoms with van der Waals surface area (Å²) in [6, 6.07) is 42.5. The molecular weight excluding hydrogens is 631 g/mol. The van der Waals surface area contributed by atoms with Crippen LogP contribution >= 0.6 is 0 Å². The predicted octanol–water partition coefficient (Wildman–Crippen LogP) is 14.4. The third-order valence-corrected chi connectivity index (χ3v) is 9.61. The summed E-state index contributed by atoms with van der Waals surface area (Å²) in [7, 11) is 0. The fourth-order valence-electron chi connectivity index (χ4n) is 7.27. The van der Waals surface area contributed by atoms with Crippen LogP contribution in [0.25, 0.3) is 76.9 Å². The van der Waals surface area contributed by atoms with Gasteiger partial charge in [-0.15, -0.1) is 0 Å². The van der Waals surface area contributed by atoms with E-state index in [1.165, 1.54) is 0 Å². The molecule has 9 aromatic carbocycles. The second-order valence-corrected chi connectivity index (χ2v) is 12.6. The standard InChI is InChI=1S/C50H33NO/c1-2-13-34(14-3-1)35-27-30-39(31-28-35)51(40-19-10-18-38(33-40)42-23-11-17-36-15-4-6-20-41(36)42)47-25-9-8-22-44(47)45-24-12-26-48-49(45)46-32-29-37-16-5-7-21-43(37)50(46)52-48/h1-33H/i1D,2D,3D,13D,14D,27D,28D,30D,31D. The highest BCUT2D eigenvalue weighted by molar-refractivity contribution is 6.19. The lowest BCUT2D eigenvalue weighted by molar-refractivity contribution is 0.673. The van der Waals surface area contributed by atoms with E-state index in [4.69, 9.17) is 11.3 Å². The Bertz CT molecular complexity index is 3390. The Hall–Kier alpha value is -6.90. The normalized spacial score (nSPS) is 13.9. The van der Waals surface area contributed by atoms with Gasteiger partial charge >= 0.3 is 0 Å². The number of nitrogens with zero attached hydrogens (tertiary/aromatic N) is 1. The van der Waals surface area contributed by atoms with Crippen LogP contribution in [0.15, 0.2) is 204 Å². The highest BCUT2D eigenvalue weighted by Gasteiger charge is 2.21. The molecule has 52 heavy (non-hydrogen) atoms. The van der Waals surface area contributed by atoms with E-state index in [2.05, 4.69) is 30.3 Å². The fraction of sp³-hybridized carbons (Fsp3) is 0. The Labute approximate surface area is 315 Å². The van der Waals surface area contributed by atoms with Crippen molar-refractivity contribution in [3.8, 4) is 33.4 Å². The maximum absolute atomic E-state index is 9.63. The van der Waals surface area contributed by atoms with Crippen LogP contribution in [0.2, 0.25) is 0 Å². The van der Waals surface area contributed by atoms with Crippen molar-refractivity contribution in [3.05, 3.63) is 200 Å². The van der Waals surface area contributed by atoms with Crippen molar-refractivity contribution in [2.75, 3.05) is 4.90 Å². The van der Waals surface area contributed by atoms with Crippen LogP contribution in [0.1, 0.15) is 12.3 Å². The van der Waals surface area contributed by atoms with Crippen LogP contribution in [0.4, 0.5) is 17.1 Å². The summed E-state index contributed by atoms with van der Waals surface area (Å²) in [6.45, 7) is 0. The maximum atomic E-state index is 9.63. The summed E-state index contributed by atoms with van der Waals surface area (Å²) in [5.41, 5.74) is 5.04. The molecule has 1 aromatic heterocycles. The number of rotatable bonds is 6.